The molecule has 1 amide bonds. The quantitative estimate of drug-likeness (QED) is 0.684. The fourth-order valence-electron chi connectivity index (χ4n) is 0.810. The van der Waals surface area contributed by atoms with Gasteiger partial charge in [-0.2, -0.15) is 5.10 Å². The van der Waals surface area contributed by atoms with E-state index < -0.39 is 0 Å². The highest BCUT2D eigenvalue weighted by atomic mass is 16.1. The van der Waals surface area contributed by atoms with Crippen LogP contribution in [0.1, 0.15) is 5.56 Å². The van der Waals surface area contributed by atoms with E-state index in [0.29, 0.717) is 5.82 Å². The Balaban J connectivity index is 2.50. The van der Waals surface area contributed by atoms with E-state index in [1.807, 2.05) is 13.0 Å². The maximum absolute atomic E-state index is 10.8. The van der Waals surface area contributed by atoms with Gasteiger partial charge in [0.1, 0.15) is 5.82 Å². The van der Waals surface area contributed by atoms with Gasteiger partial charge in [0.05, 0.1) is 12.7 Å². The summed E-state index contributed by atoms with van der Waals surface area (Å²) in [6.45, 7) is 2.13. The molecule has 1 aromatic heterocycles. The van der Waals surface area contributed by atoms with Gasteiger partial charge in [0.25, 0.3) is 0 Å². The standard InChI is InChI=1S/C8H12N4O/c1-6-3-7(12-11-4-6)10-5-8(13)9-2/h3-4H,5H2,1-2H3,(H,9,13)(H,10,12). The zero-order valence-electron chi connectivity index (χ0n) is 7.66. The number of nitrogens with zero attached hydrogens (tertiary/aromatic N) is 2. The number of aromatic nitrogens is 2. The average Bonchev–Trinajstić information content (AvgIpc) is 2.14. The maximum Gasteiger partial charge on any atom is 0.239 e. The minimum absolute atomic E-state index is 0.0803. The van der Waals surface area contributed by atoms with Crippen LogP contribution in [0.5, 0.6) is 0 Å². The van der Waals surface area contributed by atoms with Crippen LogP contribution in [-0.4, -0.2) is 29.7 Å². The Labute approximate surface area is 76.6 Å². The fraction of sp³-hybridized carbons (Fsp3) is 0.375. The Morgan fingerprint density at radius 2 is 2.38 bits per heavy atom. The van der Waals surface area contributed by atoms with E-state index in [9.17, 15) is 4.79 Å². The molecule has 0 aliphatic carbocycles. The van der Waals surface area contributed by atoms with Crippen molar-refractivity contribution in [2.75, 3.05) is 18.9 Å². The summed E-state index contributed by atoms with van der Waals surface area (Å²) in [7, 11) is 1.59. The summed E-state index contributed by atoms with van der Waals surface area (Å²) in [6, 6.07) is 1.83. The largest absolute Gasteiger partial charge is 0.360 e. The number of amides is 1. The second kappa shape index (κ2) is 4.39. The van der Waals surface area contributed by atoms with E-state index >= 15 is 0 Å². The number of aryl methyl sites for hydroxylation is 1. The van der Waals surface area contributed by atoms with E-state index in [-0.39, 0.29) is 12.5 Å². The normalized spacial score (nSPS) is 9.38. The number of hydrogen-bond acceptors (Lipinski definition) is 4. The van der Waals surface area contributed by atoms with Crippen LogP contribution in [-0.2, 0) is 4.79 Å². The Morgan fingerprint density at radius 3 is 3.00 bits per heavy atom. The Bertz CT molecular complexity index is 300. The van der Waals surface area contributed by atoms with Crippen LogP contribution in [0, 0.1) is 6.92 Å². The number of likely N-dealkylation sites (N-methyl/N-ethyl adjacent to an activating group) is 1. The first-order valence-electron chi connectivity index (χ1n) is 3.96. The number of anilines is 1. The van der Waals surface area contributed by atoms with Crippen molar-refractivity contribution in [2.45, 2.75) is 6.92 Å². The lowest BCUT2D eigenvalue weighted by Gasteiger charge is -2.03. The summed E-state index contributed by atoms with van der Waals surface area (Å²) in [4.78, 5) is 10.8. The first-order valence-corrected chi connectivity index (χ1v) is 3.96. The molecule has 0 fully saturated rings. The van der Waals surface area contributed by atoms with Gasteiger partial charge >= 0.3 is 0 Å². The molecule has 1 heterocycles. The molecule has 0 spiro atoms. The molecule has 5 heteroatoms. The van der Waals surface area contributed by atoms with Crippen molar-refractivity contribution in [2.24, 2.45) is 0 Å². The number of nitrogens with one attached hydrogen (secondary N) is 2. The van der Waals surface area contributed by atoms with Crippen LogP contribution in [0.15, 0.2) is 12.3 Å². The van der Waals surface area contributed by atoms with Crippen LogP contribution in [0.3, 0.4) is 0 Å². The lowest BCUT2D eigenvalue weighted by atomic mass is 10.3. The monoisotopic (exact) mass is 180 g/mol. The van der Waals surface area contributed by atoms with E-state index in [2.05, 4.69) is 20.8 Å². The number of carbonyl (C=O) groups is 1. The van der Waals surface area contributed by atoms with E-state index in [1.165, 1.54) is 0 Å². The zero-order chi connectivity index (χ0) is 9.68. The summed E-state index contributed by atoms with van der Waals surface area (Å²) < 4.78 is 0. The summed E-state index contributed by atoms with van der Waals surface area (Å²) in [6.07, 6.45) is 1.66. The lowest BCUT2D eigenvalue weighted by molar-refractivity contribution is -0.118. The molecule has 0 saturated heterocycles. The Morgan fingerprint density at radius 1 is 1.62 bits per heavy atom. The summed E-state index contributed by atoms with van der Waals surface area (Å²) >= 11 is 0. The minimum atomic E-state index is -0.0803. The molecule has 2 N–H and O–H groups in total. The van der Waals surface area contributed by atoms with Crippen LogP contribution in [0.25, 0.3) is 0 Å². The summed E-state index contributed by atoms with van der Waals surface area (Å²) in [5.74, 6) is 0.534. The summed E-state index contributed by atoms with van der Waals surface area (Å²) in [5, 5.41) is 12.9. The van der Waals surface area contributed by atoms with Gasteiger partial charge in [-0.15, -0.1) is 5.10 Å². The molecule has 13 heavy (non-hydrogen) atoms. The van der Waals surface area contributed by atoms with Gasteiger partial charge in [0.2, 0.25) is 5.91 Å². The second-order valence-electron chi connectivity index (χ2n) is 2.64. The van der Waals surface area contributed by atoms with Crippen molar-refractivity contribution < 1.29 is 4.79 Å². The molecule has 1 aromatic rings. The highest BCUT2D eigenvalue weighted by Gasteiger charge is 1.98. The third-order valence-electron chi connectivity index (χ3n) is 1.50. The molecule has 70 valence electrons. The third-order valence-corrected chi connectivity index (χ3v) is 1.50. The maximum atomic E-state index is 10.8. The SMILES string of the molecule is CNC(=O)CNc1cc(C)cnn1. The molecule has 0 radical (unpaired) electrons. The number of hydrogen-bond donors (Lipinski definition) is 2. The van der Waals surface area contributed by atoms with Gasteiger partial charge in [0, 0.05) is 7.05 Å². The van der Waals surface area contributed by atoms with Crippen molar-refractivity contribution in [1.82, 2.24) is 15.5 Å². The topological polar surface area (TPSA) is 66.9 Å². The zero-order valence-corrected chi connectivity index (χ0v) is 7.66. The van der Waals surface area contributed by atoms with E-state index in [1.54, 1.807) is 13.2 Å². The molecule has 1 rings (SSSR count). The van der Waals surface area contributed by atoms with Gasteiger partial charge < -0.3 is 10.6 Å². The van der Waals surface area contributed by atoms with Crippen molar-refractivity contribution >= 4 is 11.7 Å². The smallest absolute Gasteiger partial charge is 0.239 e. The molecular weight excluding hydrogens is 168 g/mol. The highest BCUT2D eigenvalue weighted by molar-refractivity contribution is 5.79. The molecule has 0 bridgehead atoms. The van der Waals surface area contributed by atoms with Crippen molar-refractivity contribution in [3.8, 4) is 0 Å². The molecule has 0 unspecified atom stereocenters. The third kappa shape index (κ3) is 3.06. The first kappa shape index (κ1) is 9.44. The van der Waals surface area contributed by atoms with Crippen LogP contribution in [0.2, 0.25) is 0 Å². The van der Waals surface area contributed by atoms with Gasteiger partial charge in [-0.1, -0.05) is 0 Å². The Hall–Kier alpha value is -1.65. The number of rotatable bonds is 3. The van der Waals surface area contributed by atoms with Gasteiger partial charge in [-0.3, -0.25) is 4.79 Å². The molecule has 0 saturated carbocycles. The van der Waals surface area contributed by atoms with Gasteiger partial charge in [-0.05, 0) is 18.6 Å². The average molecular weight is 180 g/mol. The van der Waals surface area contributed by atoms with Gasteiger partial charge in [-0.25, -0.2) is 0 Å². The Kier molecular flexibility index (Phi) is 3.19. The molecule has 5 nitrogen and oxygen atoms in total. The van der Waals surface area contributed by atoms with Crippen LogP contribution < -0.4 is 10.6 Å². The lowest BCUT2D eigenvalue weighted by Crippen LogP contribution is -2.26. The highest BCUT2D eigenvalue weighted by Crippen LogP contribution is 2.01. The molecule has 0 aliphatic heterocycles. The fourth-order valence-corrected chi connectivity index (χ4v) is 0.810. The molecule has 0 aromatic carbocycles. The predicted molar refractivity (Wildman–Crippen MR) is 49.3 cm³/mol. The minimum Gasteiger partial charge on any atom is -0.360 e. The van der Waals surface area contributed by atoms with Crippen LogP contribution >= 0.6 is 0 Å². The summed E-state index contributed by atoms with van der Waals surface area (Å²) in [5.41, 5.74) is 1.01. The molecule has 0 aliphatic rings. The van der Waals surface area contributed by atoms with Crippen molar-refractivity contribution in [3.05, 3.63) is 17.8 Å². The number of carbonyl (C=O) groups excluding carboxylic acids is 1. The van der Waals surface area contributed by atoms with Crippen molar-refractivity contribution in [1.29, 1.82) is 0 Å². The molecular formula is C8H12N4O. The first-order chi connectivity index (χ1) is 6.22. The predicted octanol–water partition coefficient (Wildman–Crippen LogP) is -0.0571. The van der Waals surface area contributed by atoms with E-state index in [0.717, 1.165) is 5.56 Å². The second-order valence-corrected chi connectivity index (χ2v) is 2.64. The van der Waals surface area contributed by atoms with Gasteiger partial charge in [0.15, 0.2) is 0 Å². The van der Waals surface area contributed by atoms with E-state index in [4.69, 9.17) is 0 Å². The molecule has 0 atom stereocenters. The van der Waals surface area contributed by atoms with Crippen molar-refractivity contribution in [3.63, 3.8) is 0 Å². The van der Waals surface area contributed by atoms with Crippen LogP contribution in [0.4, 0.5) is 5.82 Å².